The van der Waals surface area contributed by atoms with Crippen molar-refractivity contribution in [3.05, 3.63) is 52.4 Å². The summed E-state index contributed by atoms with van der Waals surface area (Å²) in [6.45, 7) is 1.90. The Kier molecular flexibility index (Phi) is 3.26. The second kappa shape index (κ2) is 4.69. The summed E-state index contributed by atoms with van der Waals surface area (Å²) in [4.78, 5) is 7.91. The van der Waals surface area contributed by atoms with Gasteiger partial charge in [-0.2, -0.15) is 0 Å². The van der Waals surface area contributed by atoms with Crippen LogP contribution >= 0.6 is 11.6 Å². The van der Waals surface area contributed by atoms with Crippen molar-refractivity contribution in [1.29, 1.82) is 0 Å². The van der Waals surface area contributed by atoms with Crippen LogP contribution in [0.15, 0.2) is 30.7 Å². The highest BCUT2D eigenvalue weighted by molar-refractivity contribution is 6.30. The van der Waals surface area contributed by atoms with E-state index < -0.39 is 6.10 Å². The Morgan fingerprint density at radius 1 is 1.35 bits per heavy atom. The quantitative estimate of drug-likeness (QED) is 0.855. The maximum atomic E-state index is 10.3. The highest BCUT2D eigenvalue weighted by Gasteiger charge is 2.16. The van der Waals surface area contributed by atoms with E-state index in [9.17, 15) is 5.11 Å². The molecular formula is C12H12ClN3O. The van der Waals surface area contributed by atoms with Gasteiger partial charge in [0.25, 0.3) is 0 Å². The van der Waals surface area contributed by atoms with E-state index >= 15 is 0 Å². The summed E-state index contributed by atoms with van der Waals surface area (Å²) in [7, 11) is 0. The molecule has 0 aliphatic rings. The lowest BCUT2D eigenvalue weighted by Gasteiger charge is -2.15. The van der Waals surface area contributed by atoms with E-state index in [1.54, 1.807) is 18.5 Å². The largest absolute Gasteiger partial charge is 0.383 e. The Labute approximate surface area is 104 Å². The van der Waals surface area contributed by atoms with Crippen LogP contribution in [0.5, 0.6) is 0 Å². The van der Waals surface area contributed by atoms with Crippen molar-refractivity contribution < 1.29 is 5.11 Å². The third kappa shape index (κ3) is 2.38. The lowest BCUT2D eigenvalue weighted by atomic mass is 10.0. The number of nitrogen functional groups attached to an aromatic ring is 1. The number of hydrogen-bond acceptors (Lipinski definition) is 4. The number of hydrogen-bond donors (Lipinski definition) is 2. The first kappa shape index (κ1) is 11.8. The first-order chi connectivity index (χ1) is 8.09. The summed E-state index contributed by atoms with van der Waals surface area (Å²) in [5.74, 6) is 0.269. The maximum Gasteiger partial charge on any atom is 0.129 e. The number of nitrogens with zero attached hydrogens (tertiary/aromatic N) is 2. The minimum atomic E-state index is -0.866. The number of rotatable bonds is 2. The first-order valence-electron chi connectivity index (χ1n) is 5.09. The van der Waals surface area contributed by atoms with E-state index in [4.69, 9.17) is 17.3 Å². The zero-order valence-corrected chi connectivity index (χ0v) is 10.0. The molecule has 0 bridgehead atoms. The Morgan fingerprint density at radius 2 is 2.12 bits per heavy atom. The molecule has 0 saturated carbocycles. The van der Waals surface area contributed by atoms with Gasteiger partial charge in [-0.1, -0.05) is 11.6 Å². The predicted molar refractivity (Wildman–Crippen MR) is 66.7 cm³/mol. The van der Waals surface area contributed by atoms with Crippen LogP contribution in [0.4, 0.5) is 5.82 Å². The third-order valence-corrected chi connectivity index (χ3v) is 2.79. The predicted octanol–water partition coefficient (Wildman–Crippen LogP) is 2.10. The molecule has 0 aliphatic carbocycles. The van der Waals surface area contributed by atoms with Crippen LogP contribution < -0.4 is 5.73 Å². The van der Waals surface area contributed by atoms with Crippen molar-refractivity contribution in [3.63, 3.8) is 0 Å². The van der Waals surface area contributed by atoms with Gasteiger partial charge in [-0.15, -0.1) is 0 Å². The Balaban J connectivity index is 2.47. The van der Waals surface area contributed by atoms with Gasteiger partial charge in [0.1, 0.15) is 11.9 Å². The fourth-order valence-corrected chi connectivity index (χ4v) is 1.78. The highest BCUT2D eigenvalue weighted by Crippen LogP contribution is 2.28. The second-order valence-electron chi connectivity index (χ2n) is 3.76. The van der Waals surface area contributed by atoms with Crippen molar-refractivity contribution in [2.24, 2.45) is 0 Å². The average molecular weight is 250 g/mol. The Morgan fingerprint density at radius 3 is 2.82 bits per heavy atom. The molecule has 88 valence electrons. The molecule has 5 heteroatoms. The zero-order valence-electron chi connectivity index (χ0n) is 9.26. The van der Waals surface area contributed by atoms with Gasteiger partial charge in [0.15, 0.2) is 0 Å². The van der Waals surface area contributed by atoms with Crippen LogP contribution in [0.1, 0.15) is 22.8 Å². The molecule has 2 aromatic rings. The first-order valence-corrected chi connectivity index (χ1v) is 5.47. The number of aryl methyl sites for hydroxylation is 1. The number of aliphatic hydroxyl groups excluding tert-OH is 1. The van der Waals surface area contributed by atoms with Gasteiger partial charge >= 0.3 is 0 Å². The molecule has 3 N–H and O–H groups in total. The van der Waals surface area contributed by atoms with Gasteiger partial charge in [-0.3, -0.25) is 4.98 Å². The second-order valence-corrected chi connectivity index (χ2v) is 4.20. The van der Waals surface area contributed by atoms with Crippen molar-refractivity contribution in [2.75, 3.05) is 5.73 Å². The van der Waals surface area contributed by atoms with E-state index in [0.717, 1.165) is 5.56 Å². The van der Waals surface area contributed by atoms with E-state index in [1.807, 2.05) is 13.0 Å². The summed E-state index contributed by atoms with van der Waals surface area (Å²) >= 11 is 5.84. The molecule has 2 rings (SSSR count). The average Bonchev–Trinajstić information content (AvgIpc) is 2.32. The minimum Gasteiger partial charge on any atom is -0.383 e. The molecular weight excluding hydrogens is 238 g/mol. The number of anilines is 1. The molecule has 0 fully saturated rings. The number of aliphatic hydroxyl groups is 1. The van der Waals surface area contributed by atoms with Crippen LogP contribution in [0.25, 0.3) is 0 Å². The summed E-state index contributed by atoms with van der Waals surface area (Å²) in [5, 5.41) is 10.7. The van der Waals surface area contributed by atoms with Crippen LogP contribution in [0, 0.1) is 6.92 Å². The van der Waals surface area contributed by atoms with Crippen molar-refractivity contribution in [3.8, 4) is 0 Å². The van der Waals surface area contributed by atoms with Crippen LogP contribution in [0.3, 0.4) is 0 Å². The highest BCUT2D eigenvalue weighted by atomic mass is 35.5. The fraction of sp³-hybridized carbons (Fsp3) is 0.167. The van der Waals surface area contributed by atoms with Crippen LogP contribution in [0.2, 0.25) is 5.02 Å². The molecule has 2 aromatic heterocycles. The van der Waals surface area contributed by atoms with Crippen molar-refractivity contribution >= 4 is 17.4 Å². The van der Waals surface area contributed by atoms with E-state index in [-0.39, 0.29) is 5.82 Å². The van der Waals surface area contributed by atoms with Gasteiger partial charge in [0.2, 0.25) is 0 Å². The summed E-state index contributed by atoms with van der Waals surface area (Å²) in [6, 6.07) is 3.44. The Hall–Kier alpha value is -1.65. The normalized spacial score (nSPS) is 12.4. The minimum absolute atomic E-state index is 0.269. The molecule has 0 aliphatic heterocycles. The molecule has 17 heavy (non-hydrogen) atoms. The van der Waals surface area contributed by atoms with Crippen LogP contribution in [-0.2, 0) is 0 Å². The van der Waals surface area contributed by atoms with Gasteiger partial charge in [-0.25, -0.2) is 4.98 Å². The van der Waals surface area contributed by atoms with Crippen molar-refractivity contribution in [1.82, 2.24) is 9.97 Å². The zero-order chi connectivity index (χ0) is 12.4. The standard InChI is InChI=1S/C12H12ClN3O/c1-7-2-3-15-6-10(7)11(17)9-4-8(13)5-16-12(9)14/h2-6,11,17H,1H3,(H2,14,16). The Bertz CT molecular complexity index is 545. The van der Waals surface area contributed by atoms with Gasteiger partial charge in [0.05, 0.1) is 5.02 Å². The smallest absolute Gasteiger partial charge is 0.129 e. The molecule has 0 aromatic carbocycles. The number of nitrogens with two attached hydrogens (primary N) is 1. The molecule has 2 heterocycles. The lowest BCUT2D eigenvalue weighted by molar-refractivity contribution is 0.219. The number of halogens is 1. The molecule has 0 radical (unpaired) electrons. The fourth-order valence-electron chi connectivity index (χ4n) is 1.61. The summed E-state index contributed by atoms with van der Waals surface area (Å²) in [6.07, 6.45) is 3.87. The van der Waals surface area contributed by atoms with Gasteiger partial charge < -0.3 is 10.8 Å². The monoisotopic (exact) mass is 249 g/mol. The number of aromatic nitrogens is 2. The topological polar surface area (TPSA) is 72.0 Å². The van der Waals surface area contributed by atoms with Gasteiger partial charge in [-0.05, 0) is 24.6 Å². The third-order valence-electron chi connectivity index (χ3n) is 2.58. The van der Waals surface area contributed by atoms with E-state index in [1.165, 1.54) is 6.20 Å². The molecule has 1 atom stereocenters. The summed E-state index contributed by atoms with van der Waals surface area (Å²) < 4.78 is 0. The van der Waals surface area contributed by atoms with Crippen molar-refractivity contribution in [2.45, 2.75) is 13.0 Å². The van der Waals surface area contributed by atoms with Gasteiger partial charge in [0, 0.05) is 29.7 Å². The summed E-state index contributed by atoms with van der Waals surface area (Å²) in [5.41, 5.74) is 7.86. The molecule has 4 nitrogen and oxygen atoms in total. The lowest BCUT2D eigenvalue weighted by Crippen LogP contribution is -2.07. The number of pyridine rings is 2. The maximum absolute atomic E-state index is 10.3. The SMILES string of the molecule is Cc1ccncc1C(O)c1cc(Cl)cnc1N. The molecule has 1 unspecified atom stereocenters. The molecule has 0 saturated heterocycles. The molecule has 0 amide bonds. The molecule has 0 spiro atoms. The van der Waals surface area contributed by atoms with E-state index in [2.05, 4.69) is 9.97 Å². The van der Waals surface area contributed by atoms with Crippen LogP contribution in [-0.4, -0.2) is 15.1 Å². The van der Waals surface area contributed by atoms with E-state index in [0.29, 0.717) is 16.1 Å².